The summed E-state index contributed by atoms with van der Waals surface area (Å²) < 4.78 is 18.7. The smallest absolute Gasteiger partial charge is 0.123 e. The fourth-order valence-corrected chi connectivity index (χ4v) is 3.06. The fourth-order valence-electron chi connectivity index (χ4n) is 3.06. The lowest BCUT2D eigenvalue weighted by Crippen LogP contribution is -2.57. The van der Waals surface area contributed by atoms with Gasteiger partial charge in [-0.3, -0.25) is 0 Å². The summed E-state index contributed by atoms with van der Waals surface area (Å²) in [4.78, 5) is 0. The fraction of sp³-hybridized carbons (Fsp3) is 0.600. The SMILES string of the molecule is Fc1ccc(C2(CCC3CCCO3)CNC2)cc1. The van der Waals surface area contributed by atoms with Gasteiger partial charge in [0, 0.05) is 25.1 Å². The normalized spacial score (nSPS) is 25.9. The highest BCUT2D eigenvalue weighted by atomic mass is 19.1. The average Bonchev–Trinajstić information content (AvgIpc) is 2.83. The van der Waals surface area contributed by atoms with Crippen LogP contribution in [0.3, 0.4) is 0 Å². The van der Waals surface area contributed by atoms with Crippen molar-refractivity contribution in [3.63, 3.8) is 0 Å². The van der Waals surface area contributed by atoms with E-state index in [1.54, 1.807) is 12.1 Å². The molecule has 0 spiro atoms. The van der Waals surface area contributed by atoms with E-state index in [-0.39, 0.29) is 11.2 Å². The molecule has 2 saturated heterocycles. The molecule has 2 heterocycles. The molecule has 3 rings (SSSR count). The monoisotopic (exact) mass is 249 g/mol. The minimum Gasteiger partial charge on any atom is -0.378 e. The molecule has 18 heavy (non-hydrogen) atoms. The minimum absolute atomic E-state index is 0.152. The third kappa shape index (κ3) is 2.29. The topological polar surface area (TPSA) is 21.3 Å². The van der Waals surface area contributed by atoms with Crippen LogP contribution in [0.4, 0.5) is 4.39 Å². The van der Waals surface area contributed by atoms with Gasteiger partial charge < -0.3 is 10.1 Å². The van der Waals surface area contributed by atoms with Crippen LogP contribution < -0.4 is 5.32 Å². The van der Waals surface area contributed by atoms with Crippen LogP contribution in [-0.4, -0.2) is 25.8 Å². The first-order valence-electron chi connectivity index (χ1n) is 6.87. The molecule has 1 aromatic rings. The van der Waals surface area contributed by atoms with Gasteiger partial charge in [-0.1, -0.05) is 12.1 Å². The number of benzene rings is 1. The van der Waals surface area contributed by atoms with Gasteiger partial charge in [-0.15, -0.1) is 0 Å². The van der Waals surface area contributed by atoms with Crippen molar-refractivity contribution in [3.8, 4) is 0 Å². The summed E-state index contributed by atoms with van der Waals surface area (Å²) in [7, 11) is 0. The first kappa shape index (κ1) is 12.1. The van der Waals surface area contributed by atoms with Crippen LogP contribution >= 0.6 is 0 Å². The Hall–Kier alpha value is -0.930. The molecule has 0 aromatic heterocycles. The van der Waals surface area contributed by atoms with Gasteiger partial charge in [-0.25, -0.2) is 4.39 Å². The van der Waals surface area contributed by atoms with Gasteiger partial charge in [-0.2, -0.15) is 0 Å². The highest BCUT2D eigenvalue weighted by Crippen LogP contribution is 2.35. The number of hydrogen-bond acceptors (Lipinski definition) is 2. The van der Waals surface area contributed by atoms with E-state index in [9.17, 15) is 4.39 Å². The summed E-state index contributed by atoms with van der Waals surface area (Å²) in [6, 6.07) is 7.01. The number of rotatable bonds is 4. The van der Waals surface area contributed by atoms with Crippen molar-refractivity contribution in [1.82, 2.24) is 5.32 Å². The highest BCUT2D eigenvalue weighted by Gasteiger charge is 2.38. The van der Waals surface area contributed by atoms with E-state index in [2.05, 4.69) is 5.32 Å². The summed E-state index contributed by atoms with van der Waals surface area (Å²) in [5, 5.41) is 3.36. The zero-order chi connectivity index (χ0) is 12.4. The molecule has 1 unspecified atom stereocenters. The molecule has 0 amide bonds. The molecule has 3 heteroatoms. The van der Waals surface area contributed by atoms with Crippen LogP contribution in [0.25, 0.3) is 0 Å². The second kappa shape index (κ2) is 4.98. The highest BCUT2D eigenvalue weighted by molar-refractivity contribution is 5.30. The first-order chi connectivity index (χ1) is 8.78. The Labute approximate surface area is 108 Å². The van der Waals surface area contributed by atoms with Crippen molar-refractivity contribution in [1.29, 1.82) is 0 Å². The van der Waals surface area contributed by atoms with E-state index in [0.717, 1.165) is 32.5 Å². The summed E-state index contributed by atoms with van der Waals surface area (Å²) in [6.07, 6.45) is 5.11. The van der Waals surface area contributed by atoms with E-state index in [1.165, 1.54) is 18.4 Å². The molecular weight excluding hydrogens is 229 g/mol. The van der Waals surface area contributed by atoms with Crippen LogP contribution in [0, 0.1) is 5.82 Å². The van der Waals surface area contributed by atoms with Crippen LogP contribution in [0.2, 0.25) is 0 Å². The van der Waals surface area contributed by atoms with Gasteiger partial charge in [0.1, 0.15) is 5.82 Å². The predicted octanol–water partition coefficient (Wildman–Crippen LogP) is 2.63. The second-order valence-corrected chi connectivity index (χ2v) is 5.56. The largest absolute Gasteiger partial charge is 0.378 e. The number of nitrogens with one attached hydrogen (secondary N) is 1. The lowest BCUT2D eigenvalue weighted by atomic mass is 9.71. The Morgan fingerprint density at radius 2 is 2.06 bits per heavy atom. The predicted molar refractivity (Wildman–Crippen MR) is 69.2 cm³/mol. The summed E-state index contributed by atoms with van der Waals surface area (Å²) in [5.41, 5.74) is 1.47. The molecule has 0 bridgehead atoms. The molecule has 2 aliphatic heterocycles. The lowest BCUT2D eigenvalue weighted by Gasteiger charge is -2.44. The van der Waals surface area contributed by atoms with Crippen molar-refractivity contribution < 1.29 is 9.13 Å². The molecule has 98 valence electrons. The molecule has 1 aromatic carbocycles. The number of ether oxygens (including phenoxy) is 1. The van der Waals surface area contributed by atoms with Gasteiger partial charge in [0.15, 0.2) is 0 Å². The second-order valence-electron chi connectivity index (χ2n) is 5.56. The van der Waals surface area contributed by atoms with Crippen LogP contribution in [0.15, 0.2) is 24.3 Å². The van der Waals surface area contributed by atoms with Crippen molar-refractivity contribution >= 4 is 0 Å². The zero-order valence-electron chi connectivity index (χ0n) is 10.6. The average molecular weight is 249 g/mol. The quantitative estimate of drug-likeness (QED) is 0.885. The maximum atomic E-state index is 13.0. The molecule has 0 saturated carbocycles. The van der Waals surface area contributed by atoms with Gasteiger partial charge in [0.25, 0.3) is 0 Å². The van der Waals surface area contributed by atoms with Crippen LogP contribution in [0.5, 0.6) is 0 Å². The minimum atomic E-state index is -0.152. The van der Waals surface area contributed by atoms with Crippen molar-refractivity contribution in [2.45, 2.75) is 37.2 Å². The Balaban J connectivity index is 1.67. The number of hydrogen-bond donors (Lipinski definition) is 1. The standard InChI is InChI=1S/C15H20FNO/c16-13-5-3-12(4-6-13)15(10-17-11-15)8-7-14-2-1-9-18-14/h3-6,14,17H,1-2,7-11H2. The van der Waals surface area contributed by atoms with Crippen molar-refractivity contribution in [2.75, 3.05) is 19.7 Å². The molecule has 0 radical (unpaired) electrons. The summed E-state index contributed by atoms with van der Waals surface area (Å²) >= 11 is 0. The van der Waals surface area contributed by atoms with E-state index in [4.69, 9.17) is 4.74 Å². The number of halogens is 1. The van der Waals surface area contributed by atoms with Gasteiger partial charge in [-0.05, 0) is 43.4 Å². The van der Waals surface area contributed by atoms with Gasteiger partial charge in [0.2, 0.25) is 0 Å². The Kier molecular flexibility index (Phi) is 3.35. The van der Waals surface area contributed by atoms with E-state index in [0.29, 0.717) is 6.10 Å². The summed E-state index contributed by atoms with van der Waals surface area (Å²) in [5.74, 6) is -0.152. The zero-order valence-corrected chi connectivity index (χ0v) is 10.6. The lowest BCUT2D eigenvalue weighted by molar-refractivity contribution is 0.0899. The maximum absolute atomic E-state index is 13.0. The van der Waals surface area contributed by atoms with Gasteiger partial charge in [0.05, 0.1) is 6.10 Å². The molecular formula is C15H20FNO. The third-order valence-corrected chi connectivity index (χ3v) is 4.35. The Morgan fingerprint density at radius 1 is 1.28 bits per heavy atom. The Bertz CT molecular complexity index is 393. The maximum Gasteiger partial charge on any atom is 0.123 e. The van der Waals surface area contributed by atoms with E-state index in [1.807, 2.05) is 12.1 Å². The van der Waals surface area contributed by atoms with E-state index < -0.39 is 0 Å². The summed E-state index contributed by atoms with van der Waals surface area (Å²) in [6.45, 7) is 2.93. The Morgan fingerprint density at radius 3 is 2.61 bits per heavy atom. The molecule has 1 atom stereocenters. The molecule has 0 aliphatic carbocycles. The molecule has 2 nitrogen and oxygen atoms in total. The van der Waals surface area contributed by atoms with Crippen molar-refractivity contribution in [2.24, 2.45) is 0 Å². The van der Waals surface area contributed by atoms with Crippen molar-refractivity contribution in [3.05, 3.63) is 35.6 Å². The van der Waals surface area contributed by atoms with Crippen LogP contribution in [0.1, 0.15) is 31.2 Å². The van der Waals surface area contributed by atoms with E-state index >= 15 is 0 Å². The first-order valence-corrected chi connectivity index (χ1v) is 6.87. The molecule has 1 N–H and O–H groups in total. The molecule has 2 aliphatic rings. The molecule has 2 fully saturated rings. The third-order valence-electron chi connectivity index (χ3n) is 4.35. The van der Waals surface area contributed by atoms with Crippen LogP contribution in [-0.2, 0) is 10.2 Å². The van der Waals surface area contributed by atoms with Gasteiger partial charge >= 0.3 is 0 Å².